The molecule has 1 aromatic heterocycles. The van der Waals surface area contributed by atoms with Crippen LogP contribution in [0, 0.1) is 13.8 Å². The summed E-state index contributed by atoms with van der Waals surface area (Å²) >= 11 is 0. The Morgan fingerprint density at radius 1 is 0.944 bits per heavy atom. The summed E-state index contributed by atoms with van der Waals surface area (Å²) in [5.41, 5.74) is 6.94. The van der Waals surface area contributed by atoms with Crippen molar-refractivity contribution in [3.63, 3.8) is 0 Å². The van der Waals surface area contributed by atoms with Gasteiger partial charge in [-0.15, -0.1) is 0 Å². The van der Waals surface area contributed by atoms with Crippen molar-refractivity contribution in [1.29, 1.82) is 0 Å². The van der Waals surface area contributed by atoms with Gasteiger partial charge in [0, 0.05) is 51.8 Å². The highest BCUT2D eigenvalue weighted by molar-refractivity contribution is 6.05. The van der Waals surface area contributed by atoms with Gasteiger partial charge in [-0.3, -0.25) is 4.79 Å². The minimum Gasteiger partial charge on any atom is -0.454 e. The van der Waals surface area contributed by atoms with Gasteiger partial charge in [0.25, 0.3) is 5.91 Å². The van der Waals surface area contributed by atoms with Gasteiger partial charge < -0.3 is 29.6 Å². The molecule has 0 bridgehead atoms. The monoisotopic (exact) mass is 484 g/mol. The largest absolute Gasteiger partial charge is 0.454 e. The zero-order valence-corrected chi connectivity index (χ0v) is 21.2. The van der Waals surface area contributed by atoms with Gasteiger partial charge in [-0.2, -0.15) is 0 Å². The number of fused-ring (bicyclic) bond motifs is 2. The van der Waals surface area contributed by atoms with E-state index in [2.05, 4.69) is 66.2 Å². The molecule has 0 saturated heterocycles. The van der Waals surface area contributed by atoms with Crippen LogP contribution in [0.5, 0.6) is 11.5 Å². The molecule has 36 heavy (non-hydrogen) atoms. The van der Waals surface area contributed by atoms with Crippen molar-refractivity contribution >= 4 is 33.9 Å². The molecule has 0 aliphatic carbocycles. The summed E-state index contributed by atoms with van der Waals surface area (Å²) in [5.74, 6) is 1.13. The minimum atomic E-state index is -0.186. The zero-order valence-electron chi connectivity index (χ0n) is 21.2. The highest BCUT2D eigenvalue weighted by Gasteiger charge is 2.15. The van der Waals surface area contributed by atoms with E-state index < -0.39 is 0 Å². The topological polar surface area (TPSA) is 67.8 Å². The number of hydrogen-bond donors (Lipinski definition) is 2. The summed E-state index contributed by atoms with van der Waals surface area (Å²) in [6.45, 7) is 6.65. The predicted octanol–water partition coefficient (Wildman–Crippen LogP) is 5.93. The zero-order chi connectivity index (χ0) is 25.2. The molecule has 1 aliphatic rings. The molecule has 186 valence electrons. The molecule has 0 fully saturated rings. The van der Waals surface area contributed by atoms with Gasteiger partial charge in [-0.25, -0.2) is 0 Å². The Morgan fingerprint density at radius 2 is 1.72 bits per heavy atom. The van der Waals surface area contributed by atoms with Crippen molar-refractivity contribution in [2.24, 2.45) is 0 Å². The predicted molar refractivity (Wildman–Crippen MR) is 145 cm³/mol. The number of aryl methyl sites for hydroxylation is 2. The average Bonchev–Trinajstić information content (AvgIpc) is 3.42. The maximum Gasteiger partial charge on any atom is 0.255 e. The molecule has 0 unspecified atom stereocenters. The first-order chi connectivity index (χ1) is 17.4. The average molecular weight is 485 g/mol. The van der Waals surface area contributed by atoms with Crippen molar-refractivity contribution in [1.82, 2.24) is 9.47 Å². The third-order valence-corrected chi connectivity index (χ3v) is 6.67. The van der Waals surface area contributed by atoms with Crippen molar-refractivity contribution in [3.8, 4) is 11.5 Å². The molecule has 1 amide bonds. The van der Waals surface area contributed by atoms with Crippen LogP contribution in [0.1, 0.15) is 28.0 Å². The van der Waals surface area contributed by atoms with Gasteiger partial charge >= 0.3 is 0 Å². The van der Waals surface area contributed by atoms with E-state index in [0.717, 1.165) is 30.9 Å². The van der Waals surface area contributed by atoms with Crippen LogP contribution >= 0.6 is 0 Å². The molecule has 5 rings (SSSR count). The number of carbonyl (C=O) groups excluding carboxylic acids is 1. The van der Waals surface area contributed by atoms with Crippen LogP contribution in [0.4, 0.5) is 17.1 Å². The van der Waals surface area contributed by atoms with E-state index in [1.165, 1.54) is 22.2 Å². The fourth-order valence-corrected chi connectivity index (χ4v) is 4.64. The Hall–Kier alpha value is -3.97. The lowest BCUT2D eigenvalue weighted by Crippen LogP contribution is -2.15. The van der Waals surface area contributed by atoms with Crippen LogP contribution in [0.3, 0.4) is 0 Å². The molecule has 0 spiro atoms. The maximum atomic E-state index is 12.9. The highest BCUT2D eigenvalue weighted by Crippen LogP contribution is 2.34. The lowest BCUT2D eigenvalue weighted by Gasteiger charge is -2.13. The number of benzene rings is 3. The molecule has 7 nitrogen and oxygen atoms in total. The first kappa shape index (κ1) is 23.8. The van der Waals surface area contributed by atoms with Gasteiger partial charge in [0.15, 0.2) is 11.5 Å². The second kappa shape index (κ2) is 9.95. The van der Waals surface area contributed by atoms with Gasteiger partial charge in [0.2, 0.25) is 6.79 Å². The minimum absolute atomic E-state index is 0.186. The third-order valence-electron chi connectivity index (χ3n) is 6.67. The summed E-state index contributed by atoms with van der Waals surface area (Å²) in [5, 5.41) is 7.66. The Labute approximate surface area is 211 Å². The number of nitrogens with zero attached hydrogens (tertiary/aromatic N) is 2. The fourth-order valence-electron chi connectivity index (χ4n) is 4.64. The SMILES string of the molecule is Cc1c(C)n(CCCN(C)C)c2ccc(Nc3cccc(C(=O)Nc4ccc5c(c4)OCO5)c3)cc12. The van der Waals surface area contributed by atoms with Gasteiger partial charge in [0.05, 0.1) is 0 Å². The number of carbonyl (C=O) groups is 1. The molecule has 1 aliphatic heterocycles. The number of hydrogen-bond acceptors (Lipinski definition) is 5. The van der Waals surface area contributed by atoms with E-state index in [1.54, 1.807) is 24.3 Å². The summed E-state index contributed by atoms with van der Waals surface area (Å²) < 4.78 is 13.2. The first-order valence-corrected chi connectivity index (χ1v) is 12.2. The molecule has 2 N–H and O–H groups in total. The molecule has 2 heterocycles. The van der Waals surface area contributed by atoms with Crippen LogP contribution < -0.4 is 20.1 Å². The standard InChI is InChI=1S/C29H32N4O3/c1-19-20(2)33(14-6-13-32(3)4)26-11-9-23(16-25(19)26)30-22-8-5-7-21(15-22)29(34)31-24-10-12-27-28(17-24)36-18-35-27/h5,7-12,15-17,30H,6,13-14,18H2,1-4H3,(H,31,34). The number of aromatic nitrogens is 1. The summed E-state index contributed by atoms with van der Waals surface area (Å²) in [6.07, 6.45) is 1.11. The van der Waals surface area contributed by atoms with Crippen molar-refractivity contribution in [2.45, 2.75) is 26.8 Å². The van der Waals surface area contributed by atoms with Crippen molar-refractivity contribution in [3.05, 3.63) is 77.5 Å². The van der Waals surface area contributed by atoms with E-state index in [9.17, 15) is 4.79 Å². The summed E-state index contributed by atoms with van der Waals surface area (Å²) in [7, 11) is 4.22. The number of nitrogens with one attached hydrogen (secondary N) is 2. The Kier molecular flexibility index (Phi) is 6.57. The molecule has 3 aromatic carbocycles. The molecule has 0 atom stereocenters. The number of amides is 1. The number of ether oxygens (including phenoxy) is 2. The van der Waals surface area contributed by atoms with Gasteiger partial charge in [-0.1, -0.05) is 6.07 Å². The van der Waals surface area contributed by atoms with Crippen LogP contribution in [-0.4, -0.2) is 42.8 Å². The Balaban J connectivity index is 1.32. The number of anilines is 3. The lowest BCUT2D eigenvalue weighted by atomic mass is 10.1. The number of rotatable bonds is 8. The maximum absolute atomic E-state index is 12.9. The van der Waals surface area contributed by atoms with E-state index in [1.807, 2.05) is 18.2 Å². The highest BCUT2D eigenvalue weighted by atomic mass is 16.7. The second-order valence-corrected chi connectivity index (χ2v) is 9.48. The van der Waals surface area contributed by atoms with Crippen molar-refractivity contribution in [2.75, 3.05) is 38.1 Å². The van der Waals surface area contributed by atoms with Gasteiger partial charge in [0.1, 0.15) is 0 Å². The summed E-state index contributed by atoms with van der Waals surface area (Å²) in [6, 6.07) is 19.4. The Morgan fingerprint density at radius 3 is 2.56 bits per heavy atom. The molecule has 4 aromatic rings. The summed E-state index contributed by atoms with van der Waals surface area (Å²) in [4.78, 5) is 15.1. The molecule has 0 radical (unpaired) electrons. The lowest BCUT2D eigenvalue weighted by molar-refractivity contribution is 0.102. The van der Waals surface area contributed by atoms with E-state index >= 15 is 0 Å². The quantitative estimate of drug-likeness (QED) is 0.324. The van der Waals surface area contributed by atoms with Crippen LogP contribution in [-0.2, 0) is 6.54 Å². The smallest absolute Gasteiger partial charge is 0.255 e. The van der Waals surface area contributed by atoms with Crippen molar-refractivity contribution < 1.29 is 14.3 Å². The third kappa shape index (κ3) is 4.88. The second-order valence-electron chi connectivity index (χ2n) is 9.48. The van der Waals surface area contributed by atoms with E-state index in [4.69, 9.17) is 9.47 Å². The fraction of sp³-hybridized carbons (Fsp3) is 0.276. The molecular weight excluding hydrogens is 452 g/mol. The van der Waals surface area contributed by atoms with Gasteiger partial charge in [-0.05, 0) is 95.0 Å². The molecular formula is C29H32N4O3. The molecule has 7 heteroatoms. The van der Waals surface area contributed by atoms with E-state index in [0.29, 0.717) is 22.7 Å². The van der Waals surface area contributed by atoms with Crippen LogP contribution in [0.25, 0.3) is 10.9 Å². The van der Waals surface area contributed by atoms with E-state index in [-0.39, 0.29) is 12.7 Å². The van der Waals surface area contributed by atoms with Crippen LogP contribution in [0.15, 0.2) is 60.7 Å². The Bertz CT molecular complexity index is 1420. The van der Waals surface area contributed by atoms with Crippen LogP contribution in [0.2, 0.25) is 0 Å². The normalized spacial score (nSPS) is 12.4. The molecule has 0 saturated carbocycles. The first-order valence-electron chi connectivity index (χ1n) is 12.2.